The summed E-state index contributed by atoms with van der Waals surface area (Å²) in [5.74, 6) is 0.739. The van der Waals surface area contributed by atoms with E-state index in [2.05, 4.69) is 5.32 Å². The fourth-order valence-corrected chi connectivity index (χ4v) is 3.01. The van der Waals surface area contributed by atoms with Crippen LogP contribution in [0.1, 0.15) is 31.2 Å². The number of benzene rings is 1. The van der Waals surface area contributed by atoms with E-state index in [0.717, 1.165) is 31.7 Å². The third-order valence-corrected chi connectivity index (χ3v) is 4.08. The number of halogens is 4. The number of nitrogens with one attached hydrogen (secondary N) is 1. The van der Waals surface area contributed by atoms with Crippen molar-refractivity contribution < 1.29 is 13.2 Å². The summed E-state index contributed by atoms with van der Waals surface area (Å²) in [6.45, 7) is 0. The van der Waals surface area contributed by atoms with Crippen LogP contribution in [0.25, 0.3) is 0 Å². The van der Waals surface area contributed by atoms with Crippen molar-refractivity contribution >= 4 is 17.3 Å². The molecule has 1 nitrogen and oxygen atoms in total. The van der Waals surface area contributed by atoms with Crippen molar-refractivity contribution in [3.63, 3.8) is 0 Å². The Kier molecular flexibility index (Phi) is 4.61. The molecule has 2 unspecified atom stereocenters. The van der Waals surface area contributed by atoms with Gasteiger partial charge in [-0.05, 0) is 30.9 Å². The first-order chi connectivity index (χ1) is 9.02. The number of hydrogen-bond acceptors (Lipinski definition) is 1. The fourth-order valence-electron chi connectivity index (χ4n) is 2.64. The SMILES string of the molecule is FC(F)(F)c1ccccc1NC1CCCCC1CCl. The highest BCUT2D eigenvalue weighted by molar-refractivity contribution is 6.18. The molecule has 1 aliphatic carbocycles. The summed E-state index contributed by atoms with van der Waals surface area (Å²) in [4.78, 5) is 0. The quantitative estimate of drug-likeness (QED) is 0.780. The molecule has 0 radical (unpaired) electrons. The summed E-state index contributed by atoms with van der Waals surface area (Å²) in [6, 6.07) is 5.67. The van der Waals surface area contributed by atoms with Gasteiger partial charge in [0.25, 0.3) is 0 Å². The molecule has 1 fully saturated rings. The molecular weight excluding hydrogens is 275 g/mol. The van der Waals surface area contributed by atoms with E-state index in [-0.39, 0.29) is 17.6 Å². The summed E-state index contributed by atoms with van der Waals surface area (Å²) in [7, 11) is 0. The van der Waals surface area contributed by atoms with Gasteiger partial charge in [0.05, 0.1) is 5.56 Å². The normalized spacial score (nSPS) is 24.2. The zero-order valence-electron chi connectivity index (χ0n) is 10.5. The third-order valence-electron chi connectivity index (χ3n) is 3.68. The molecule has 5 heteroatoms. The van der Waals surface area contributed by atoms with Crippen LogP contribution in [-0.4, -0.2) is 11.9 Å². The Bertz CT molecular complexity index is 419. The molecule has 1 aromatic rings. The molecule has 0 aromatic heterocycles. The molecular formula is C14H17ClF3N. The summed E-state index contributed by atoms with van der Waals surface area (Å²) < 4.78 is 38.7. The number of rotatable bonds is 3. The summed E-state index contributed by atoms with van der Waals surface area (Å²) in [5, 5.41) is 3.05. The van der Waals surface area contributed by atoms with Gasteiger partial charge in [-0.3, -0.25) is 0 Å². The van der Waals surface area contributed by atoms with E-state index in [0.29, 0.717) is 5.88 Å². The molecule has 0 heterocycles. The van der Waals surface area contributed by atoms with Gasteiger partial charge in [-0.25, -0.2) is 0 Å². The Morgan fingerprint density at radius 1 is 1.16 bits per heavy atom. The molecule has 0 bridgehead atoms. The minimum Gasteiger partial charge on any atom is -0.381 e. The van der Waals surface area contributed by atoms with Crippen LogP contribution < -0.4 is 5.32 Å². The van der Waals surface area contributed by atoms with E-state index >= 15 is 0 Å². The first kappa shape index (κ1) is 14.5. The van der Waals surface area contributed by atoms with E-state index in [4.69, 9.17) is 11.6 Å². The van der Waals surface area contributed by atoms with E-state index in [1.165, 1.54) is 12.1 Å². The molecule has 1 N–H and O–H groups in total. The molecule has 1 aliphatic rings. The Hall–Kier alpha value is -0.900. The van der Waals surface area contributed by atoms with Crippen LogP contribution >= 0.6 is 11.6 Å². The predicted octanol–water partition coefficient (Wildman–Crippen LogP) is 4.91. The van der Waals surface area contributed by atoms with Gasteiger partial charge in [-0.15, -0.1) is 11.6 Å². The highest BCUT2D eigenvalue weighted by Crippen LogP contribution is 2.36. The molecule has 1 aromatic carbocycles. The van der Waals surface area contributed by atoms with Crippen LogP contribution in [0.3, 0.4) is 0 Å². The van der Waals surface area contributed by atoms with Gasteiger partial charge in [-0.2, -0.15) is 13.2 Å². The maximum atomic E-state index is 12.9. The van der Waals surface area contributed by atoms with Gasteiger partial charge in [0.1, 0.15) is 0 Å². The predicted molar refractivity (Wildman–Crippen MR) is 71.5 cm³/mol. The zero-order chi connectivity index (χ0) is 13.9. The van der Waals surface area contributed by atoms with E-state index < -0.39 is 11.7 Å². The number of alkyl halides is 4. The standard InChI is InChI=1S/C14H17ClF3N/c15-9-10-5-1-3-7-12(10)19-13-8-4-2-6-11(13)14(16,17)18/h2,4,6,8,10,12,19H,1,3,5,7,9H2. The van der Waals surface area contributed by atoms with Gasteiger partial charge in [-0.1, -0.05) is 25.0 Å². The lowest BCUT2D eigenvalue weighted by atomic mass is 9.85. The number of anilines is 1. The molecule has 0 spiro atoms. The summed E-state index contributed by atoms with van der Waals surface area (Å²) >= 11 is 5.91. The highest BCUT2D eigenvalue weighted by Gasteiger charge is 2.34. The Labute approximate surface area is 116 Å². The molecule has 0 amide bonds. The second kappa shape index (κ2) is 6.04. The molecule has 0 saturated heterocycles. The molecule has 2 rings (SSSR count). The molecule has 2 atom stereocenters. The van der Waals surface area contributed by atoms with Crippen molar-refractivity contribution in [2.75, 3.05) is 11.2 Å². The van der Waals surface area contributed by atoms with Gasteiger partial charge in [0.15, 0.2) is 0 Å². The monoisotopic (exact) mass is 291 g/mol. The average molecular weight is 292 g/mol. The second-order valence-electron chi connectivity index (χ2n) is 4.99. The minimum atomic E-state index is -4.32. The highest BCUT2D eigenvalue weighted by atomic mass is 35.5. The topological polar surface area (TPSA) is 12.0 Å². The summed E-state index contributed by atoms with van der Waals surface area (Å²) in [6.07, 6.45) is -0.316. The zero-order valence-corrected chi connectivity index (χ0v) is 11.3. The van der Waals surface area contributed by atoms with Gasteiger partial charge in [0.2, 0.25) is 0 Å². The van der Waals surface area contributed by atoms with E-state index in [1.807, 2.05) is 0 Å². The Morgan fingerprint density at radius 3 is 2.53 bits per heavy atom. The smallest absolute Gasteiger partial charge is 0.381 e. The van der Waals surface area contributed by atoms with Crippen LogP contribution in [-0.2, 0) is 6.18 Å². The second-order valence-corrected chi connectivity index (χ2v) is 5.30. The average Bonchev–Trinajstić information content (AvgIpc) is 2.39. The molecule has 0 aliphatic heterocycles. The molecule has 106 valence electrons. The fraction of sp³-hybridized carbons (Fsp3) is 0.571. The van der Waals surface area contributed by atoms with Crippen molar-refractivity contribution in [1.29, 1.82) is 0 Å². The summed E-state index contributed by atoms with van der Waals surface area (Å²) in [5.41, 5.74) is -0.439. The van der Waals surface area contributed by atoms with Gasteiger partial charge >= 0.3 is 6.18 Å². The van der Waals surface area contributed by atoms with E-state index in [9.17, 15) is 13.2 Å². The van der Waals surface area contributed by atoms with Crippen LogP contribution in [0.2, 0.25) is 0 Å². The van der Waals surface area contributed by atoms with E-state index in [1.54, 1.807) is 6.07 Å². The number of hydrogen-bond donors (Lipinski definition) is 1. The van der Waals surface area contributed by atoms with Crippen LogP contribution in [0, 0.1) is 5.92 Å². The molecule has 1 saturated carbocycles. The van der Waals surface area contributed by atoms with Crippen molar-refractivity contribution in [2.45, 2.75) is 37.9 Å². The lowest BCUT2D eigenvalue weighted by Gasteiger charge is -2.32. The van der Waals surface area contributed by atoms with Crippen molar-refractivity contribution in [3.8, 4) is 0 Å². The Balaban J connectivity index is 2.18. The lowest BCUT2D eigenvalue weighted by molar-refractivity contribution is -0.137. The first-order valence-corrected chi connectivity index (χ1v) is 7.04. The van der Waals surface area contributed by atoms with Crippen molar-refractivity contribution in [1.82, 2.24) is 0 Å². The number of para-hydroxylation sites is 1. The van der Waals surface area contributed by atoms with Crippen molar-refractivity contribution in [2.24, 2.45) is 5.92 Å². The third kappa shape index (κ3) is 3.56. The van der Waals surface area contributed by atoms with Crippen LogP contribution in [0.15, 0.2) is 24.3 Å². The maximum absolute atomic E-state index is 12.9. The maximum Gasteiger partial charge on any atom is 0.418 e. The first-order valence-electron chi connectivity index (χ1n) is 6.51. The van der Waals surface area contributed by atoms with Crippen LogP contribution in [0.5, 0.6) is 0 Å². The van der Waals surface area contributed by atoms with Gasteiger partial charge in [0, 0.05) is 17.6 Å². The largest absolute Gasteiger partial charge is 0.418 e. The molecule has 19 heavy (non-hydrogen) atoms. The lowest BCUT2D eigenvalue weighted by Crippen LogP contribution is -2.34. The van der Waals surface area contributed by atoms with Crippen LogP contribution in [0.4, 0.5) is 18.9 Å². The van der Waals surface area contributed by atoms with Gasteiger partial charge < -0.3 is 5.32 Å². The minimum absolute atomic E-state index is 0.0368. The van der Waals surface area contributed by atoms with Crippen molar-refractivity contribution in [3.05, 3.63) is 29.8 Å². The Morgan fingerprint density at radius 2 is 1.84 bits per heavy atom.